The minimum atomic E-state index is -0.104. The molecule has 7 nitrogen and oxygen atoms in total. The summed E-state index contributed by atoms with van der Waals surface area (Å²) >= 11 is 0. The zero-order valence-electron chi connectivity index (χ0n) is 19.4. The monoisotopic (exact) mass is 432 g/mol. The van der Waals surface area contributed by atoms with E-state index in [0.717, 1.165) is 48.0 Å². The summed E-state index contributed by atoms with van der Waals surface area (Å²) in [6, 6.07) is 12.3. The van der Waals surface area contributed by atoms with Crippen molar-refractivity contribution in [1.29, 1.82) is 0 Å². The number of amides is 1. The van der Waals surface area contributed by atoms with Crippen molar-refractivity contribution < 1.29 is 4.79 Å². The van der Waals surface area contributed by atoms with Crippen LogP contribution in [0.1, 0.15) is 50.6 Å². The van der Waals surface area contributed by atoms with Crippen LogP contribution in [0, 0.1) is 0 Å². The third-order valence-corrected chi connectivity index (χ3v) is 5.99. The summed E-state index contributed by atoms with van der Waals surface area (Å²) in [6.07, 6.45) is 4.33. The van der Waals surface area contributed by atoms with Gasteiger partial charge in [0.2, 0.25) is 5.95 Å². The van der Waals surface area contributed by atoms with Crippen molar-refractivity contribution in [3.05, 3.63) is 54.5 Å². The summed E-state index contributed by atoms with van der Waals surface area (Å²) in [5.74, 6) is 0.398. The minimum Gasteiger partial charge on any atom is -0.351 e. The number of nitrogens with zero attached hydrogens (tertiary/aromatic N) is 5. The molecule has 0 fully saturated rings. The number of fused-ring (bicyclic) bond motifs is 3. The molecule has 0 aliphatic rings. The van der Waals surface area contributed by atoms with Gasteiger partial charge in [0.15, 0.2) is 0 Å². The number of benzene rings is 1. The van der Waals surface area contributed by atoms with Crippen LogP contribution in [0.5, 0.6) is 0 Å². The van der Waals surface area contributed by atoms with Gasteiger partial charge in [0.25, 0.3) is 5.91 Å². The number of carbonyl (C=O) groups is 1. The molecule has 0 saturated carbocycles. The molecule has 3 aromatic heterocycles. The lowest BCUT2D eigenvalue weighted by Crippen LogP contribution is -2.31. The van der Waals surface area contributed by atoms with Gasteiger partial charge in [0.1, 0.15) is 5.69 Å². The Bertz CT molecular complexity index is 1200. The summed E-state index contributed by atoms with van der Waals surface area (Å²) in [6.45, 7) is 12.3. The van der Waals surface area contributed by atoms with E-state index in [-0.39, 0.29) is 11.9 Å². The van der Waals surface area contributed by atoms with E-state index >= 15 is 0 Å². The number of carbonyl (C=O) groups excluding carboxylic acids is 1. The molecule has 0 saturated heterocycles. The van der Waals surface area contributed by atoms with Gasteiger partial charge >= 0.3 is 0 Å². The lowest BCUT2D eigenvalue weighted by Gasteiger charge is -2.17. The van der Waals surface area contributed by atoms with Gasteiger partial charge in [-0.05, 0) is 58.1 Å². The average molecular weight is 433 g/mol. The van der Waals surface area contributed by atoms with E-state index in [9.17, 15) is 4.79 Å². The van der Waals surface area contributed by atoms with Gasteiger partial charge in [-0.15, -0.1) is 0 Å². The number of nitrogens with one attached hydrogen (secondary N) is 1. The van der Waals surface area contributed by atoms with Crippen LogP contribution >= 0.6 is 0 Å². The average Bonchev–Trinajstić information content (AvgIpc) is 3.34. The van der Waals surface area contributed by atoms with Crippen LogP contribution in [-0.2, 0) is 0 Å². The normalized spacial score (nSPS) is 11.8. The Labute approximate surface area is 189 Å². The topological polar surface area (TPSA) is 68.0 Å². The molecule has 0 atom stereocenters. The largest absolute Gasteiger partial charge is 0.351 e. The number of rotatable bonds is 9. The Morgan fingerprint density at radius 3 is 2.47 bits per heavy atom. The summed E-state index contributed by atoms with van der Waals surface area (Å²) < 4.78 is 4.18. The maximum absolute atomic E-state index is 13.3. The fourth-order valence-electron chi connectivity index (χ4n) is 4.43. The Morgan fingerprint density at radius 2 is 1.78 bits per heavy atom. The van der Waals surface area contributed by atoms with E-state index in [4.69, 9.17) is 0 Å². The maximum Gasteiger partial charge on any atom is 0.268 e. The highest BCUT2D eigenvalue weighted by atomic mass is 16.1. The second kappa shape index (κ2) is 9.53. The van der Waals surface area contributed by atoms with E-state index in [2.05, 4.69) is 64.6 Å². The SMILES string of the molecule is CCN(CC)CCCNC(=O)c1cc2c(c3ccccc3n2C(C)C)n1-c1ncccn1. The number of para-hydroxylation sites is 1. The summed E-state index contributed by atoms with van der Waals surface area (Å²) in [5, 5.41) is 4.20. The Hall–Kier alpha value is -3.19. The maximum atomic E-state index is 13.3. The second-order valence-electron chi connectivity index (χ2n) is 8.26. The third kappa shape index (κ3) is 4.00. The van der Waals surface area contributed by atoms with Gasteiger partial charge < -0.3 is 14.8 Å². The standard InChI is InChI=1S/C25H32N6O/c1-5-29(6-2)16-10-15-26-24(32)22-17-21-23(31(22)25-27-13-9-14-28-25)19-11-7-8-12-20(19)30(21)18(3)4/h7-9,11-14,17-18H,5-6,10,15-16H2,1-4H3,(H,26,32). The van der Waals surface area contributed by atoms with Gasteiger partial charge in [-0.1, -0.05) is 32.0 Å². The van der Waals surface area contributed by atoms with Crippen LogP contribution in [0.3, 0.4) is 0 Å². The number of hydrogen-bond donors (Lipinski definition) is 1. The van der Waals surface area contributed by atoms with E-state index < -0.39 is 0 Å². The highest BCUT2D eigenvalue weighted by Gasteiger charge is 2.24. The predicted molar refractivity (Wildman–Crippen MR) is 129 cm³/mol. The Kier molecular flexibility index (Phi) is 6.55. The van der Waals surface area contributed by atoms with Crippen molar-refractivity contribution >= 4 is 27.8 Å². The zero-order chi connectivity index (χ0) is 22.7. The van der Waals surface area contributed by atoms with E-state index in [1.165, 1.54) is 0 Å². The van der Waals surface area contributed by atoms with Gasteiger partial charge in [0, 0.05) is 30.4 Å². The van der Waals surface area contributed by atoms with Crippen molar-refractivity contribution in [2.75, 3.05) is 26.2 Å². The van der Waals surface area contributed by atoms with Crippen molar-refractivity contribution in [3.8, 4) is 5.95 Å². The van der Waals surface area contributed by atoms with Crippen molar-refractivity contribution in [1.82, 2.24) is 29.3 Å². The molecule has 0 spiro atoms. The molecule has 4 aromatic rings. The molecule has 0 unspecified atom stereocenters. The van der Waals surface area contributed by atoms with Crippen LogP contribution in [-0.4, -0.2) is 56.1 Å². The molecule has 1 amide bonds. The smallest absolute Gasteiger partial charge is 0.268 e. The minimum absolute atomic E-state index is 0.104. The Balaban J connectivity index is 1.77. The molecule has 7 heteroatoms. The molecule has 1 N–H and O–H groups in total. The molecule has 4 rings (SSSR count). The summed E-state index contributed by atoms with van der Waals surface area (Å²) in [7, 11) is 0. The first-order chi connectivity index (χ1) is 15.6. The summed E-state index contributed by atoms with van der Waals surface area (Å²) in [5.41, 5.74) is 3.68. The highest BCUT2D eigenvalue weighted by Crippen LogP contribution is 2.35. The van der Waals surface area contributed by atoms with Crippen LogP contribution in [0.25, 0.3) is 27.9 Å². The predicted octanol–water partition coefficient (Wildman–Crippen LogP) is 4.42. The molecule has 0 aliphatic carbocycles. The molecule has 168 valence electrons. The lowest BCUT2D eigenvalue weighted by atomic mass is 10.2. The second-order valence-corrected chi connectivity index (χ2v) is 8.26. The van der Waals surface area contributed by atoms with E-state index in [1.807, 2.05) is 22.8 Å². The summed E-state index contributed by atoms with van der Waals surface area (Å²) in [4.78, 5) is 24.6. The molecule has 0 aliphatic heterocycles. The van der Waals surface area contributed by atoms with Gasteiger partial charge in [-0.3, -0.25) is 9.36 Å². The van der Waals surface area contributed by atoms with E-state index in [0.29, 0.717) is 18.2 Å². The highest BCUT2D eigenvalue weighted by molar-refractivity contribution is 6.11. The quantitative estimate of drug-likeness (QED) is 0.398. The molecular formula is C25H32N6O. The van der Waals surface area contributed by atoms with Crippen molar-refractivity contribution in [2.45, 2.75) is 40.2 Å². The number of aromatic nitrogens is 4. The first-order valence-corrected chi connectivity index (χ1v) is 11.5. The van der Waals surface area contributed by atoms with Gasteiger partial charge in [-0.2, -0.15) is 0 Å². The lowest BCUT2D eigenvalue weighted by molar-refractivity contribution is 0.0945. The van der Waals surface area contributed by atoms with Crippen molar-refractivity contribution in [2.24, 2.45) is 0 Å². The molecule has 32 heavy (non-hydrogen) atoms. The van der Waals surface area contributed by atoms with Crippen LogP contribution in [0.4, 0.5) is 0 Å². The van der Waals surface area contributed by atoms with Crippen LogP contribution in [0.2, 0.25) is 0 Å². The number of hydrogen-bond acceptors (Lipinski definition) is 4. The molecular weight excluding hydrogens is 400 g/mol. The fourth-order valence-corrected chi connectivity index (χ4v) is 4.43. The first-order valence-electron chi connectivity index (χ1n) is 11.5. The van der Waals surface area contributed by atoms with E-state index in [1.54, 1.807) is 18.5 Å². The molecule has 0 bridgehead atoms. The van der Waals surface area contributed by atoms with Gasteiger partial charge in [0.05, 0.1) is 16.6 Å². The van der Waals surface area contributed by atoms with Crippen molar-refractivity contribution in [3.63, 3.8) is 0 Å². The third-order valence-electron chi connectivity index (χ3n) is 5.99. The molecule has 0 radical (unpaired) electrons. The fraction of sp³-hybridized carbons (Fsp3) is 0.400. The van der Waals surface area contributed by atoms with Crippen LogP contribution in [0.15, 0.2) is 48.8 Å². The zero-order valence-corrected chi connectivity index (χ0v) is 19.4. The van der Waals surface area contributed by atoms with Gasteiger partial charge in [-0.25, -0.2) is 9.97 Å². The molecule has 1 aromatic carbocycles. The van der Waals surface area contributed by atoms with Crippen LogP contribution < -0.4 is 5.32 Å². The Morgan fingerprint density at radius 1 is 1.06 bits per heavy atom. The molecule has 3 heterocycles. The first kappa shape index (κ1) is 22.0.